The van der Waals surface area contributed by atoms with Crippen molar-refractivity contribution in [2.45, 2.75) is 26.4 Å². The van der Waals surface area contributed by atoms with E-state index in [2.05, 4.69) is 48.3 Å². The van der Waals surface area contributed by atoms with Crippen LogP contribution in [0, 0.1) is 6.92 Å². The molecule has 2 rings (SSSR count). The first-order chi connectivity index (χ1) is 7.29. The molecule has 0 spiro atoms. The van der Waals surface area contributed by atoms with Crippen molar-refractivity contribution in [3.05, 3.63) is 35.4 Å². The van der Waals surface area contributed by atoms with E-state index in [9.17, 15) is 0 Å². The molecule has 2 heteroatoms. The Labute approximate surface area is 92.3 Å². The number of hydrogen-bond donors (Lipinski definition) is 1. The molecule has 1 aromatic rings. The van der Waals surface area contributed by atoms with E-state index >= 15 is 0 Å². The molecule has 0 saturated carbocycles. The Morgan fingerprint density at radius 1 is 1.40 bits per heavy atom. The van der Waals surface area contributed by atoms with Gasteiger partial charge in [0.15, 0.2) is 0 Å². The summed E-state index contributed by atoms with van der Waals surface area (Å²) in [6.07, 6.45) is 0. The zero-order valence-corrected chi connectivity index (χ0v) is 9.66. The van der Waals surface area contributed by atoms with Gasteiger partial charge in [0, 0.05) is 25.7 Å². The molecule has 1 aromatic carbocycles. The Morgan fingerprint density at radius 3 is 2.73 bits per heavy atom. The average Bonchev–Trinajstić information content (AvgIpc) is 2.14. The molecular formula is C13H20N2. The molecule has 1 aliphatic rings. The van der Waals surface area contributed by atoms with Crippen LogP contribution in [0.25, 0.3) is 0 Å². The highest BCUT2D eigenvalue weighted by atomic mass is 15.2. The molecule has 0 aromatic heterocycles. The van der Waals surface area contributed by atoms with Gasteiger partial charge < -0.3 is 5.32 Å². The van der Waals surface area contributed by atoms with Crippen LogP contribution in [-0.4, -0.2) is 30.6 Å². The van der Waals surface area contributed by atoms with Crippen LogP contribution in [0.4, 0.5) is 0 Å². The zero-order valence-electron chi connectivity index (χ0n) is 9.66. The van der Waals surface area contributed by atoms with Crippen molar-refractivity contribution in [3.63, 3.8) is 0 Å². The van der Waals surface area contributed by atoms with Crippen molar-refractivity contribution >= 4 is 0 Å². The van der Waals surface area contributed by atoms with Crippen molar-refractivity contribution in [1.29, 1.82) is 0 Å². The standard InChI is InChI=1S/C13H20N2/c1-3-15(13-8-14-9-13)10-12-6-4-5-11(2)7-12/h4-7,13-14H,3,8-10H2,1-2H3. The fourth-order valence-corrected chi connectivity index (χ4v) is 2.08. The lowest BCUT2D eigenvalue weighted by Gasteiger charge is -2.37. The maximum absolute atomic E-state index is 3.33. The van der Waals surface area contributed by atoms with Crippen LogP contribution >= 0.6 is 0 Å². The zero-order chi connectivity index (χ0) is 10.7. The molecule has 1 fully saturated rings. The number of likely N-dealkylation sites (N-methyl/N-ethyl adjacent to an activating group) is 1. The maximum atomic E-state index is 3.33. The van der Waals surface area contributed by atoms with Gasteiger partial charge in [-0.2, -0.15) is 0 Å². The molecule has 15 heavy (non-hydrogen) atoms. The molecular weight excluding hydrogens is 184 g/mol. The van der Waals surface area contributed by atoms with Gasteiger partial charge in [0.05, 0.1) is 0 Å². The molecule has 82 valence electrons. The summed E-state index contributed by atoms with van der Waals surface area (Å²) >= 11 is 0. The lowest BCUT2D eigenvalue weighted by molar-refractivity contribution is 0.145. The minimum absolute atomic E-state index is 0.746. The van der Waals surface area contributed by atoms with Gasteiger partial charge in [-0.25, -0.2) is 0 Å². The van der Waals surface area contributed by atoms with E-state index in [-0.39, 0.29) is 0 Å². The number of nitrogens with zero attached hydrogens (tertiary/aromatic N) is 1. The molecule has 0 bridgehead atoms. The first-order valence-electron chi connectivity index (χ1n) is 5.80. The SMILES string of the molecule is CCN(Cc1cccc(C)c1)C1CNC1. The van der Waals surface area contributed by atoms with E-state index in [0.717, 1.165) is 32.2 Å². The lowest BCUT2D eigenvalue weighted by atomic mass is 10.1. The van der Waals surface area contributed by atoms with Crippen LogP contribution < -0.4 is 5.32 Å². The van der Waals surface area contributed by atoms with Crippen molar-refractivity contribution in [2.75, 3.05) is 19.6 Å². The van der Waals surface area contributed by atoms with Gasteiger partial charge >= 0.3 is 0 Å². The Hall–Kier alpha value is -0.860. The third-order valence-corrected chi connectivity index (χ3v) is 3.15. The van der Waals surface area contributed by atoms with Crippen LogP contribution in [0.2, 0.25) is 0 Å². The summed E-state index contributed by atoms with van der Waals surface area (Å²) in [5.41, 5.74) is 2.79. The molecule has 1 N–H and O–H groups in total. The third-order valence-electron chi connectivity index (χ3n) is 3.15. The highest BCUT2D eigenvalue weighted by molar-refractivity contribution is 5.22. The lowest BCUT2D eigenvalue weighted by Crippen LogP contribution is -2.56. The van der Waals surface area contributed by atoms with Crippen molar-refractivity contribution in [1.82, 2.24) is 10.2 Å². The molecule has 0 atom stereocenters. The van der Waals surface area contributed by atoms with Gasteiger partial charge in [0.25, 0.3) is 0 Å². The summed E-state index contributed by atoms with van der Waals surface area (Å²) in [5, 5.41) is 3.33. The van der Waals surface area contributed by atoms with Crippen LogP contribution in [0.1, 0.15) is 18.1 Å². The minimum atomic E-state index is 0.746. The largest absolute Gasteiger partial charge is 0.314 e. The molecule has 0 amide bonds. The average molecular weight is 204 g/mol. The van der Waals surface area contributed by atoms with E-state index in [1.54, 1.807) is 0 Å². The van der Waals surface area contributed by atoms with Crippen LogP contribution in [-0.2, 0) is 6.54 Å². The number of nitrogens with one attached hydrogen (secondary N) is 1. The van der Waals surface area contributed by atoms with Gasteiger partial charge in [0.2, 0.25) is 0 Å². The second kappa shape index (κ2) is 4.77. The molecule has 0 aliphatic carbocycles. The molecule has 2 nitrogen and oxygen atoms in total. The number of hydrogen-bond acceptors (Lipinski definition) is 2. The predicted octanol–water partition coefficient (Wildman–Crippen LogP) is 1.79. The van der Waals surface area contributed by atoms with Crippen molar-refractivity contribution in [3.8, 4) is 0 Å². The second-order valence-electron chi connectivity index (χ2n) is 4.36. The molecule has 1 heterocycles. The second-order valence-corrected chi connectivity index (χ2v) is 4.36. The van der Waals surface area contributed by atoms with Crippen molar-refractivity contribution in [2.24, 2.45) is 0 Å². The van der Waals surface area contributed by atoms with Crippen LogP contribution in [0.3, 0.4) is 0 Å². The summed E-state index contributed by atoms with van der Waals surface area (Å²) in [6.45, 7) is 8.93. The fourth-order valence-electron chi connectivity index (χ4n) is 2.08. The van der Waals surface area contributed by atoms with E-state index in [4.69, 9.17) is 0 Å². The molecule has 0 radical (unpaired) electrons. The summed E-state index contributed by atoms with van der Waals surface area (Å²) in [4.78, 5) is 2.55. The minimum Gasteiger partial charge on any atom is -0.314 e. The predicted molar refractivity (Wildman–Crippen MR) is 63.9 cm³/mol. The smallest absolute Gasteiger partial charge is 0.0348 e. The van der Waals surface area contributed by atoms with E-state index in [0.29, 0.717) is 0 Å². The number of benzene rings is 1. The van der Waals surface area contributed by atoms with Crippen molar-refractivity contribution < 1.29 is 0 Å². The number of aryl methyl sites for hydroxylation is 1. The summed E-state index contributed by atoms with van der Waals surface area (Å²) in [6, 6.07) is 9.56. The highest BCUT2D eigenvalue weighted by Crippen LogP contribution is 2.12. The summed E-state index contributed by atoms with van der Waals surface area (Å²) < 4.78 is 0. The Kier molecular flexibility index (Phi) is 3.39. The summed E-state index contributed by atoms with van der Waals surface area (Å²) in [7, 11) is 0. The van der Waals surface area contributed by atoms with Gasteiger partial charge in [-0.05, 0) is 19.0 Å². The Balaban J connectivity index is 1.99. The van der Waals surface area contributed by atoms with E-state index in [1.165, 1.54) is 11.1 Å². The molecule has 0 unspecified atom stereocenters. The quantitative estimate of drug-likeness (QED) is 0.804. The van der Waals surface area contributed by atoms with Crippen LogP contribution in [0.15, 0.2) is 24.3 Å². The number of rotatable bonds is 4. The van der Waals surface area contributed by atoms with E-state index < -0.39 is 0 Å². The molecule has 1 saturated heterocycles. The first-order valence-corrected chi connectivity index (χ1v) is 5.80. The monoisotopic (exact) mass is 204 g/mol. The van der Waals surface area contributed by atoms with E-state index in [1.807, 2.05) is 0 Å². The normalized spacial score (nSPS) is 16.7. The van der Waals surface area contributed by atoms with Crippen LogP contribution in [0.5, 0.6) is 0 Å². The molecule has 1 aliphatic heterocycles. The Bertz CT molecular complexity index is 318. The fraction of sp³-hybridized carbons (Fsp3) is 0.538. The van der Waals surface area contributed by atoms with Gasteiger partial charge in [0.1, 0.15) is 0 Å². The first kappa shape index (κ1) is 10.7. The summed E-state index contributed by atoms with van der Waals surface area (Å²) in [5.74, 6) is 0. The van der Waals surface area contributed by atoms with Gasteiger partial charge in [-0.1, -0.05) is 36.8 Å². The van der Waals surface area contributed by atoms with Gasteiger partial charge in [-0.3, -0.25) is 4.90 Å². The maximum Gasteiger partial charge on any atom is 0.0348 e. The highest BCUT2D eigenvalue weighted by Gasteiger charge is 2.22. The third kappa shape index (κ3) is 2.58. The Morgan fingerprint density at radius 2 is 2.20 bits per heavy atom. The topological polar surface area (TPSA) is 15.3 Å². The van der Waals surface area contributed by atoms with Gasteiger partial charge in [-0.15, -0.1) is 0 Å².